The molecule has 0 heterocycles. The first kappa shape index (κ1) is 21.1. The highest BCUT2D eigenvalue weighted by Gasteiger charge is 2.07. The van der Waals surface area contributed by atoms with Gasteiger partial charge in [0, 0.05) is 0 Å². The van der Waals surface area contributed by atoms with Crippen LogP contribution in [-0.2, 0) is 18.8 Å². The molecule has 0 rings (SSSR count). The summed E-state index contributed by atoms with van der Waals surface area (Å²) in [4.78, 5) is 0. The fourth-order valence-corrected chi connectivity index (χ4v) is 2.22. The van der Waals surface area contributed by atoms with Crippen LogP contribution in [0.2, 0.25) is 0 Å². The molecule has 0 radical (unpaired) electrons. The Morgan fingerprint density at radius 3 is 1.63 bits per heavy atom. The Morgan fingerprint density at radius 2 is 1.21 bits per heavy atom. The highest BCUT2D eigenvalue weighted by molar-refractivity contribution is 7.81. The summed E-state index contributed by atoms with van der Waals surface area (Å²) in [5.41, 5.74) is 0. The van der Waals surface area contributed by atoms with E-state index in [-0.39, 0.29) is 12.8 Å². The summed E-state index contributed by atoms with van der Waals surface area (Å²) in [5, 5.41) is 0. The number of hydrogen-bond donors (Lipinski definition) is 1. The molecule has 5 nitrogen and oxygen atoms in total. The molecule has 0 aliphatic heterocycles. The third kappa shape index (κ3) is 15.8. The van der Waals surface area contributed by atoms with Crippen molar-refractivity contribution in [2.75, 3.05) is 13.7 Å². The van der Waals surface area contributed by atoms with Crippen molar-refractivity contribution in [1.82, 2.24) is 6.15 Å². The maximum Gasteiger partial charge on any atom is 0.399 e. The molecule has 0 saturated heterocycles. The summed E-state index contributed by atoms with van der Waals surface area (Å²) in [6.45, 7) is 2.46. The fraction of sp³-hybridized carbons (Fsp3) is 1.00. The molecule has 0 saturated carbocycles. The Morgan fingerprint density at radius 1 is 0.789 bits per heavy atom. The molecule has 0 fully saturated rings. The first-order valence-electron chi connectivity index (χ1n) is 7.07. The maximum atomic E-state index is 10.8. The second-order valence-electron chi connectivity index (χ2n) is 4.58. The molecule has 0 aromatic heterocycles. The van der Waals surface area contributed by atoms with E-state index in [1.807, 2.05) is 0 Å². The fourth-order valence-electron chi connectivity index (χ4n) is 1.80. The van der Waals surface area contributed by atoms with E-state index in [1.54, 1.807) is 0 Å². The minimum Gasteiger partial charge on any atom is -0.344 e. The number of hydrogen-bond acceptors (Lipinski definition) is 5. The highest BCUT2D eigenvalue weighted by Crippen LogP contribution is 2.10. The van der Waals surface area contributed by atoms with Gasteiger partial charge in [0.25, 0.3) is 0 Å². The Hall–Kier alpha value is -0.170. The normalized spacial score (nSPS) is 11.3. The van der Waals surface area contributed by atoms with Crippen molar-refractivity contribution in [3.05, 3.63) is 0 Å². The minimum absolute atomic E-state index is 0. The predicted octanol–water partition coefficient (Wildman–Crippen LogP) is 3.98. The molecule has 3 N–H and O–H groups in total. The molecule has 0 bridgehead atoms. The van der Waals surface area contributed by atoms with Gasteiger partial charge < -0.3 is 6.15 Å². The molecule has 0 aromatic rings. The smallest absolute Gasteiger partial charge is 0.344 e. The van der Waals surface area contributed by atoms with Gasteiger partial charge in [0.1, 0.15) is 0 Å². The molecule has 0 unspecified atom stereocenters. The van der Waals surface area contributed by atoms with E-state index in [9.17, 15) is 8.42 Å². The quantitative estimate of drug-likeness (QED) is 0.519. The minimum atomic E-state index is -3.73. The Kier molecular flexibility index (Phi) is 15.8. The molecule has 0 amide bonds. The lowest BCUT2D eigenvalue weighted by molar-refractivity contribution is 0.238. The van der Waals surface area contributed by atoms with Gasteiger partial charge in [0.05, 0.1) is 13.7 Å². The van der Waals surface area contributed by atoms with Crippen LogP contribution in [-0.4, -0.2) is 22.1 Å². The third-order valence-corrected chi connectivity index (χ3v) is 3.79. The monoisotopic (exact) mass is 297 g/mol. The van der Waals surface area contributed by atoms with Crippen LogP contribution in [0.25, 0.3) is 0 Å². The molecular formula is C13H31NO4S. The van der Waals surface area contributed by atoms with Crippen LogP contribution < -0.4 is 6.15 Å². The second kappa shape index (κ2) is 14.2. The average Bonchev–Trinajstić information content (AvgIpc) is 2.36. The second-order valence-corrected chi connectivity index (χ2v) is 5.96. The van der Waals surface area contributed by atoms with E-state index < -0.39 is 10.4 Å². The number of rotatable bonds is 13. The zero-order chi connectivity index (χ0) is 13.7. The van der Waals surface area contributed by atoms with E-state index in [0.717, 1.165) is 26.4 Å². The van der Waals surface area contributed by atoms with Gasteiger partial charge in [-0.15, -0.1) is 0 Å². The summed E-state index contributed by atoms with van der Waals surface area (Å²) in [6, 6.07) is 0. The van der Waals surface area contributed by atoms with Crippen LogP contribution in [0.5, 0.6) is 0 Å². The molecule has 19 heavy (non-hydrogen) atoms. The molecule has 0 atom stereocenters. The van der Waals surface area contributed by atoms with E-state index >= 15 is 0 Å². The van der Waals surface area contributed by atoms with E-state index in [4.69, 9.17) is 0 Å². The molecule has 0 aromatic carbocycles. The van der Waals surface area contributed by atoms with E-state index in [1.165, 1.54) is 44.9 Å². The summed E-state index contributed by atoms with van der Waals surface area (Å²) in [6.07, 6.45) is 12.2. The largest absolute Gasteiger partial charge is 0.399 e. The summed E-state index contributed by atoms with van der Waals surface area (Å²) in [5.74, 6) is 0. The van der Waals surface area contributed by atoms with Crippen LogP contribution >= 0.6 is 0 Å². The van der Waals surface area contributed by atoms with Gasteiger partial charge >= 0.3 is 10.4 Å². The molecule has 0 aliphatic carbocycles. The van der Waals surface area contributed by atoms with Crippen LogP contribution in [0.1, 0.15) is 71.1 Å². The molecule has 118 valence electrons. The van der Waals surface area contributed by atoms with Crippen molar-refractivity contribution in [3.8, 4) is 0 Å². The lowest BCUT2D eigenvalue weighted by atomic mass is 10.1. The van der Waals surface area contributed by atoms with Crippen LogP contribution in [0.15, 0.2) is 0 Å². The molecule has 0 aliphatic rings. The average molecular weight is 297 g/mol. The molecule has 0 spiro atoms. The Labute approximate surface area is 119 Å². The summed E-state index contributed by atoms with van der Waals surface area (Å²) < 4.78 is 30.4. The highest BCUT2D eigenvalue weighted by atomic mass is 32.3. The van der Waals surface area contributed by atoms with Gasteiger partial charge in [-0.2, -0.15) is 8.42 Å². The van der Waals surface area contributed by atoms with Gasteiger partial charge in [-0.25, -0.2) is 4.18 Å². The summed E-state index contributed by atoms with van der Waals surface area (Å²) in [7, 11) is -2.62. The van der Waals surface area contributed by atoms with Gasteiger partial charge in [-0.3, -0.25) is 4.18 Å². The zero-order valence-corrected chi connectivity index (χ0v) is 13.3. The Balaban J connectivity index is 0. The van der Waals surface area contributed by atoms with Crippen LogP contribution in [0, 0.1) is 0 Å². The van der Waals surface area contributed by atoms with Crippen molar-refractivity contribution in [2.45, 2.75) is 71.1 Å². The SMILES string of the molecule is CCCCCCCCCCCCOS(=O)(=O)OC.N. The maximum absolute atomic E-state index is 10.8. The predicted molar refractivity (Wildman–Crippen MR) is 78.7 cm³/mol. The van der Waals surface area contributed by atoms with Gasteiger partial charge in [0.2, 0.25) is 0 Å². The first-order valence-corrected chi connectivity index (χ1v) is 8.40. The van der Waals surface area contributed by atoms with Crippen molar-refractivity contribution in [1.29, 1.82) is 0 Å². The number of unbranched alkanes of at least 4 members (excludes halogenated alkanes) is 9. The van der Waals surface area contributed by atoms with Crippen molar-refractivity contribution in [3.63, 3.8) is 0 Å². The van der Waals surface area contributed by atoms with Crippen molar-refractivity contribution >= 4 is 10.4 Å². The Bertz CT molecular complexity index is 268. The molecular weight excluding hydrogens is 266 g/mol. The standard InChI is InChI=1S/C13H28O4S.H3N/c1-3-4-5-6-7-8-9-10-11-12-13-17-18(14,15)16-2;/h3-13H2,1-2H3;1H3. The first-order chi connectivity index (χ1) is 8.62. The topological polar surface area (TPSA) is 87.6 Å². The van der Waals surface area contributed by atoms with E-state index in [2.05, 4.69) is 15.3 Å². The third-order valence-electron chi connectivity index (χ3n) is 2.93. The van der Waals surface area contributed by atoms with Crippen LogP contribution in [0.3, 0.4) is 0 Å². The van der Waals surface area contributed by atoms with Gasteiger partial charge in [-0.1, -0.05) is 64.7 Å². The van der Waals surface area contributed by atoms with Crippen molar-refractivity contribution < 1.29 is 16.8 Å². The lowest BCUT2D eigenvalue weighted by Crippen LogP contribution is -2.08. The van der Waals surface area contributed by atoms with Crippen LogP contribution in [0.4, 0.5) is 0 Å². The molecule has 6 heteroatoms. The van der Waals surface area contributed by atoms with Gasteiger partial charge in [0.15, 0.2) is 0 Å². The van der Waals surface area contributed by atoms with Crippen molar-refractivity contribution in [2.24, 2.45) is 0 Å². The lowest BCUT2D eigenvalue weighted by Gasteiger charge is -2.03. The summed E-state index contributed by atoms with van der Waals surface area (Å²) >= 11 is 0. The van der Waals surface area contributed by atoms with E-state index in [0.29, 0.717) is 0 Å². The van der Waals surface area contributed by atoms with Gasteiger partial charge in [-0.05, 0) is 6.42 Å². The zero-order valence-electron chi connectivity index (χ0n) is 12.5.